The standard InChI is InChI=1S/C17H32N4/c1-17(14-18,19-15-8-9-15)10-4-5-12-21(3)16-7-6-11-20(2)13-16/h15-16,19H,4-13H2,1-3H3. The summed E-state index contributed by atoms with van der Waals surface area (Å²) in [4.78, 5) is 4.96. The molecule has 0 radical (unpaired) electrons. The van der Waals surface area contributed by atoms with Crippen LogP contribution in [0.25, 0.3) is 0 Å². The van der Waals surface area contributed by atoms with Gasteiger partial charge < -0.3 is 9.80 Å². The first kappa shape index (κ1) is 16.7. The van der Waals surface area contributed by atoms with Crippen molar-refractivity contribution < 1.29 is 0 Å². The zero-order valence-electron chi connectivity index (χ0n) is 14.1. The number of nitriles is 1. The Hall–Kier alpha value is -0.630. The molecule has 2 aliphatic rings. The number of likely N-dealkylation sites (N-methyl/N-ethyl adjacent to an activating group) is 2. The summed E-state index contributed by atoms with van der Waals surface area (Å²) < 4.78 is 0. The highest BCUT2D eigenvalue weighted by atomic mass is 15.2. The normalized spacial score (nSPS) is 26.5. The number of unbranched alkanes of at least 4 members (excludes halogenated alkanes) is 1. The Kier molecular flexibility index (Phi) is 6.04. The van der Waals surface area contributed by atoms with Gasteiger partial charge in [0.05, 0.1) is 6.07 Å². The first-order valence-corrected chi connectivity index (χ1v) is 8.60. The fraction of sp³-hybridized carbons (Fsp3) is 0.941. The van der Waals surface area contributed by atoms with Gasteiger partial charge in [0.1, 0.15) is 5.54 Å². The van der Waals surface area contributed by atoms with E-state index in [1.807, 2.05) is 0 Å². The Morgan fingerprint density at radius 2 is 2.10 bits per heavy atom. The zero-order valence-corrected chi connectivity index (χ0v) is 14.1. The predicted molar refractivity (Wildman–Crippen MR) is 87.2 cm³/mol. The van der Waals surface area contributed by atoms with Crippen molar-refractivity contribution in [1.29, 1.82) is 5.26 Å². The molecule has 21 heavy (non-hydrogen) atoms. The zero-order chi connectivity index (χ0) is 15.3. The molecule has 1 aliphatic carbocycles. The summed E-state index contributed by atoms with van der Waals surface area (Å²) >= 11 is 0. The van der Waals surface area contributed by atoms with Crippen LogP contribution in [0.5, 0.6) is 0 Å². The number of likely N-dealkylation sites (tertiary alicyclic amines) is 1. The molecule has 0 spiro atoms. The molecule has 0 aromatic carbocycles. The van der Waals surface area contributed by atoms with Gasteiger partial charge >= 0.3 is 0 Å². The minimum Gasteiger partial charge on any atom is -0.305 e. The van der Waals surface area contributed by atoms with E-state index in [0.717, 1.165) is 25.4 Å². The number of nitrogens with one attached hydrogen (secondary N) is 1. The van der Waals surface area contributed by atoms with Gasteiger partial charge in [-0.2, -0.15) is 5.26 Å². The van der Waals surface area contributed by atoms with Crippen LogP contribution in [0.1, 0.15) is 51.9 Å². The summed E-state index contributed by atoms with van der Waals surface area (Å²) in [6.07, 6.45) is 8.45. The van der Waals surface area contributed by atoms with Gasteiger partial charge in [-0.15, -0.1) is 0 Å². The fourth-order valence-electron chi connectivity index (χ4n) is 3.36. The van der Waals surface area contributed by atoms with Crippen molar-refractivity contribution in [2.24, 2.45) is 0 Å². The molecule has 2 unspecified atom stereocenters. The number of piperidine rings is 1. The highest BCUT2D eigenvalue weighted by Gasteiger charge is 2.32. The van der Waals surface area contributed by atoms with Gasteiger partial charge in [0.25, 0.3) is 0 Å². The average Bonchev–Trinajstić information content (AvgIpc) is 3.27. The minimum atomic E-state index is -0.315. The number of rotatable bonds is 8. The third-order valence-electron chi connectivity index (χ3n) is 5.01. The van der Waals surface area contributed by atoms with Crippen LogP contribution in [0.4, 0.5) is 0 Å². The Morgan fingerprint density at radius 1 is 1.33 bits per heavy atom. The third-order valence-corrected chi connectivity index (χ3v) is 5.01. The van der Waals surface area contributed by atoms with Crippen LogP contribution in [-0.4, -0.2) is 61.2 Å². The molecule has 0 bridgehead atoms. The number of hydrogen-bond acceptors (Lipinski definition) is 4. The van der Waals surface area contributed by atoms with Gasteiger partial charge in [0.15, 0.2) is 0 Å². The molecule has 4 nitrogen and oxygen atoms in total. The molecule has 1 saturated carbocycles. The molecule has 0 aromatic heterocycles. The SMILES string of the molecule is CN1CCCC(N(C)CCCCC(C)(C#N)NC2CC2)C1. The van der Waals surface area contributed by atoms with Crippen LogP contribution >= 0.6 is 0 Å². The molecule has 1 aliphatic heterocycles. The van der Waals surface area contributed by atoms with Crippen LogP contribution in [-0.2, 0) is 0 Å². The van der Waals surface area contributed by atoms with Crippen LogP contribution in [0.3, 0.4) is 0 Å². The van der Waals surface area contributed by atoms with Gasteiger partial charge in [-0.05, 0) is 79.1 Å². The summed E-state index contributed by atoms with van der Waals surface area (Å²) in [6, 6.07) is 3.80. The topological polar surface area (TPSA) is 42.3 Å². The molecule has 2 fully saturated rings. The highest BCUT2D eigenvalue weighted by Crippen LogP contribution is 2.25. The number of nitrogens with zero attached hydrogens (tertiary/aromatic N) is 3. The van der Waals surface area contributed by atoms with Gasteiger partial charge in [-0.3, -0.25) is 5.32 Å². The lowest BCUT2D eigenvalue weighted by molar-refractivity contribution is 0.132. The van der Waals surface area contributed by atoms with E-state index in [0.29, 0.717) is 6.04 Å². The van der Waals surface area contributed by atoms with Gasteiger partial charge in [0.2, 0.25) is 0 Å². The molecule has 0 aromatic rings. The van der Waals surface area contributed by atoms with Crippen LogP contribution in [0.2, 0.25) is 0 Å². The van der Waals surface area contributed by atoms with Crippen molar-refractivity contribution in [2.75, 3.05) is 33.7 Å². The van der Waals surface area contributed by atoms with E-state index >= 15 is 0 Å². The predicted octanol–water partition coefficient (Wildman–Crippen LogP) is 2.22. The second kappa shape index (κ2) is 7.58. The van der Waals surface area contributed by atoms with E-state index in [9.17, 15) is 5.26 Å². The van der Waals surface area contributed by atoms with Crippen molar-refractivity contribution in [3.05, 3.63) is 0 Å². The van der Waals surface area contributed by atoms with E-state index in [4.69, 9.17) is 0 Å². The van der Waals surface area contributed by atoms with Gasteiger partial charge in [-0.25, -0.2) is 0 Å². The Balaban J connectivity index is 1.63. The highest BCUT2D eigenvalue weighted by molar-refractivity contribution is 5.06. The van der Waals surface area contributed by atoms with Crippen molar-refractivity contribution in [1.82, 2.24) is 15.1 Å². The first-order valence-electron chi connectivity index (χ1n) is 8.60. The maximum Gasteiger partial charge on any atom is 0.104 e. The number of hydrogen-bond donors (Lipinski definition) is 1. The molecule has 0 amide bonds. The van der Waals surface area contributed by atoms with Crippen molar-refractivity contribution in [2.45, 2.75) is 69.5 Å². The molecule has 1 saturated heterocycles. The maximum atomic E-state index is 9.38. The molecule has 120 valence electrons. The van der Waals surface area contributed by atoms with E-state index in [-0.39, 0.29) is 5.54 Å². The van der Waals surface area contributed by atoms with Gasteiger partial charge in [0, 0.05) is 18.6 Å². The third kappa shape index (κ3) is 5.58. The van der Waals surface area contributed by atoms with Crippen molar-refractivity contribution in [3.63, 3.8) is 0 Å². The Bertz CT molecular complexity index is 360. The Morgan fingerprint density at radius 3 is 2.71 bits per heavy atom. The smallest absolute Gasteiger partial charge is 0.104 e. The summed E-state index contributed by atoms with van der Waals surface area (Å²) in [7, 11) is 4.48. The van der Waals surface area contributed by atoms with E-state index in [1.54, 1.807) is 0 Å². The summed E-state index contributed by atoms with van der Waals surface area (Å²) in [6.45, 7) is 5.67. The van der Waals surface area contributed by atoms with Crippen molar-refractivity contribution >= 4 is 0 Å². The van der Waals surface area contributed by atoms with E-state index in [1.165, 1.54) is 45.2 Å². The summed E-state index contributed by atoms with van der Waals surface area (Å²) in [5.74, 6) is 0. The Labute approximate surface area is 130 Å². The van der Waals surface area contributed by atoms with Crippen LogP contribution < -0.4 is 5.32 Å². The van der Waals surface area contributed by atoms with E-state index in [2.05, 4.69) is 42.2 Å². The van der Waals surface area contributed by atoms with Crippen molar-refractivity contribution in [3.8, 4) is 6.07 Å². The lowest BCUT2D eigenvalue weighted by Crippen LogP contribution is -2.45. The molecular weight excluding hydrogens is 260 g/mol. The van der Waals surface area contributed by atoms with Gasteiger partial charge in [-0.1, -0.05) is 0 Å². The molecule has 1 N–H and O–H groups in total. The lowest BCUT2D eigenvalue weighted by Gasteiger charge is -2.36. The quantitative estimate of drug-likeness (QED) is 0.697. The molecular formula is C17H32N4. The van der Waals surface area contributed by atoms with Crippen LogP contribution in [0.15, 0.2) is 0 Å². The average molecular weight is 292 g/mol. The van der Waals surface area contributed by atoms with E-state index < -0.39 is 0 Å². The summed E-state index contributed by atoms with van der Waals surface area (Å²) in [5.41, 5.74) is -0.315. The molecule has 2 rings (SSSR count). The molecule has 1 heterocycles. The van der Waals surface area contributed by atoms with Crippen LogP contribution in [0, 0.1) is 11.3 Å². The second-order valence-corrected chi connectivity index (χ2v) is 7.36. The lowest BCUT2D eigenvalue weighted by atomic mass is 9.96. The second-order valence-electron chi connectivity index (χ2n) is 7.36. The first-order chi connectivity index (χ1) is 10.0. The maximum absolute atomic E-state index is 9.38. The molecule has 4 heteroatoms. The fourth-order valence-corrected chi connectivity index (χ4v) is 3.36. The minimum absolute atomic E-state index is 0.315. The molecule has 2 atom stereocenters. The monoisotopic (exact) mass is 292 g/mol. The largest absolute Gasteiger partial charge is 0.305 e. The summed E-state index contributed by atoms with van der Waals surface area (Å²) in [5, 5.41) is 12.9.